The van der Waals surface area contributed by atoms with Crippen molar-refractivity contribution < 1.29 is 9.47 Å². The Morgan fingerprint density at radius 3 is 2.46 bits per heavy atom. The smallest absolute Gasteiger partial charge is 0.0700 e. The largest absolute Gasteiger partial charge is 0.379 e. The fourth-order valence-corrected chi connectivity index (χ4v) is 0.748. The Kier molecular flexibility index (Phi) is 10.6. The molecular weight excluding hydrogens is 170 g/mol. The normalized spacial score (nSPS) is 9.62. The van der Waals surface area contributed by atoms with Gasteiger partial charge < -0.3 is 9.47 Å². The first-order valence-electron chi connectivity index (χ1n) is 4.58. The summed E-state index contributed by atoms with van der Waals surface area (Å²) in [5, 5.41) is 3.39. The van der Waals surface area contributed by atoms with Crippen molar-refractivity contribution in [3.8, 4) is 0 Å². The summed E-state index contributed by atoms with van der Waals surface area (Å²) >= 11 is 0. The Balaban J connectivity index is 2.87. The highest BCUT2D eigenvalue weighted by molar-refractivity contribution is 4.45. The van der Waals surface area contributed by atoms with Gasteiger partial charge in [-0.05, 0) is 18.4 Å². The predicted octanol–water partition coefficient (Wildman–Crippen LogP) is 2.13. The Hall–Kier alpha value is -0.770. The Morgan fingerprint density at radius 1 is 1.15 bits per heavy atom. The second-order valence-electron chi connectivity index (χ2n) is 2.53. The van der Waals surface area contributed by atoms with Crippen LogP contribution in [0.15, 0.2) is 5.11 Å². The first-order valence-corrected chi connectivity index (χ1v) is 4.58. The second kappa shape index (κ2) is 11.2. The Morgan fingerprint density at radius 2 is 1.85 bits per heavy atom. The van der Waals surface area contributed by atoms with Gasteiger partial charge in [-0.3, -0.25) is 0 Å². The average Bonchev–Trinajstić information content (AvgIpc) is 2.16. The topological polar surface area (TPSA) is 67.2 Å². The lowest BCUT2D eigenvalue weighted by atomic mass is 10.5. The van der Waals surface area contributed by atoms with Crippen molar-refractivity contribution in [2.75, 3.05) is 33.0 Å². The summed E-state index contributed by atoms with van der Waals surface area (Å²) in [5.41, 5.74) is 7.96. The third-order valence-corrected chi connectivity index (χ3v) is 1.33. The summed E-state index contributed by atoms with van der Waals surface area (Å²) < 4.78 is 10.4. The van der Waals surface area contributed by atoms with Gasteiger partial charge in [-0.2, -0.15) is 0 Å². The van der Waals surface area contributed by atoms with Gasteiger partial charge in [0, 0.05) is 24.7 Å². The van der Waals surface area contributed by atoms with Crippen LogP contribution in [0.25, 0.3) is 10.4 Å². The number of rotatable bonds is 9. The lowest BCUT2D eigenvalue weighted by molar-refractivity contribution is 0.0477. The first kappa shape index (κ1) is 12.2. The van der Waals surface area contributed by atoms with Crippen molar-refractivity contribution in [1.29, 1.82) is 0 Å². The molecule has 0 aliphatic heterocycles. The zero-order chi connectivity index (χ0) is 9.78. The molecule has 0 fully saturated rings. The van der Waals surface area contributed by atoms with Gasteiger partial charge in [-0.1, -0.05) is 12.0 Å². The molecule has 0 rings (SSSR count). The summed E-state index contributed by atoms with van der Waals surface area (Å²) in [4.78, 5) is 2.64. The number of nitrogens with zero attached hydrogens (tertiary/aromatic N) is 3. The third-order valence-electron chi connectivity index (χ3n) is 1.33. The predicted molar refractivity (Wildman–Crippen MR) is 50.6 cm³/mol. The molecule has 5 heteroatoms. The molecule has 0 saturated carbocycles. The van der Waals surface area contributed by atoms with Crippen LogP contribution in [0.2, 0.25) is 0 Å². The van der Waals surface area contributed by atoms with Crippen LogP contribution in [0.5, 0.6) is 0 Å². The summed E-state index contributed by atoms with van der Waals surface area (Å²) in [6, 6.07) is 0. The van der Waals surface area contributed by atoms with Gasteiger partial charge in [0.05, 0.1) is 13.2 Å². The van der Waals surface area contributed by atoms with E-state index in [2.05, 4.69) is 16.9 Å². The van der Waals surface area contributed by atoms with Crippen molar-refractivity contribution in [2.24, 2.45) is 5.11 Å². The van der Waals surface area contributed by atoms with Crippen LogP contribution < -0.4 is 0 Å². The molecule has 13 heavy (non-hydrogen) atoms. The van der Waals surface area contributed by atoms with Gasteiger partial charge >= 0.3 is 0 Å². The minimum absolute atomic E-state index is 0.506. The van der Waals surface area contributed by atoms with Crippen LogP contribution in [0.3, 0.4) is 0 Å². The van der Waals surface area contributed by atoms with Crippen molar-refractivity contribution in [2.45, 2.75) is 19.8 Å². The molecule has 0 aromatic rings. The van der Waals surface area contributed by atoms with Gasteiger partial charge in [0.25, 0.3) is 0 Å². The van der Waals surface area contributed by atoms with Crippen LogP contribution >= 0.6 is 0 Å². The van der Waals surface area contributed by atoms with E-state index in [0.717, 1.165) is 19.4 Å². The Labute approximate surface area is 78.7 Å². The van der Waals surface area contributed by atoms with Crippen molar-refractivity contribution >= 4 is 0 Å². The first-order chi connectivity index (χ1) is 6.41. The Bertz CT molecular complexity index is 146. The van der Waals surface area contributed by atoms with Crippen molar-refractivity contribution in [3.05, 3.63) is 10.4 Å². The van der Waals surface area contributed by atoms with Crippen LogP contribution in [0, 0.1) is 0 Å². The van der Waals surface area contributed by atoms with E-state index in [1.165, 1.54) is 0 Å². The molecule has 0 atom stereocenters. The molecule has 0 unspecified atom stereocenters. The highest BCUT2D eigenvalue weighted by atomic mass is 16.5. The summed E-state index contributed by atoms with van der Waals surface area (Å²) in [5.74, 6) is 0. The number of ether oxygens (including phenoxy) is 2. The van der Waals surface area contributed by atoms with Gasteiger partial charge in [-0.25, -0.2) is 0 Å². The SMILES string of the molecule is CCCOCCOCCCN=[N+]=[N-]. The van der Waals surface area contributed by atoms with Crippen molar-refractivity contribution in [1.82, 2.24) is 0 Å². The maximum atomic E-state index is 7.96. The molecule has 0 saturated heterocycles. The van der Waals surface area contributed by atoms with Gasteiger partial charge in [-0.15, -0.1) is 0 Å². The van der Waals surface area contributed by atoms with Gasteiger partial charge in [0.2, 0.25) is 0 Å². The highest BCUT2D eigenvalue weighted by Gasteiger charge is 1.88. The fraction of sp³-hybridized carbons (Fsp3) is 1.00. The summed E-state index contributed by atoms with van der Waals surface area (Å²) in [6.07, 6.45) is 1.81. The van der Waals surface area contributed by atoms with Crippen LogP contribution in [-0.2, 0) is 9.47 Å². The maximum Gasteiger partial charge on any atom is 0.0700 e. The molecule has 76 valence electrons. The van der Waals surface area contributed by atoms with E-state index in [0.29, 0.717) is 26.4 Å². The zero-order valence-electron chi connectivity index (χ0n) is 8.11. The lowest BCUT2D eigenvalue weighted by Gasteiger charge is -2.03. The number of azide groups is 1. The molecule has 0 amide bonds. The lowest BCUT2D eigenvalue weighted by Crippen LogP contribution is -2.06. The highest BCUT2D eigenvalue weighted by Crippen LogP contribution is 1.86. The van der Waals surface area contributed by atoms with E-state index in [4.69, 9.17) is 15.0 Å². The molecule has 5 nitrogen and oxygen atoms in total. The van der Waals surface area contributed by atoms with E-state index >= 15 is 0 Å². The molecule has 0 spiro atoms. The maximum absolute atomic E-state index is 7.96. The second-order valence-corrected chi connectivity index (χ2v) is 2.53. The van der Waals surface area contributed by atoms with Crippen LogP contribution in [0.4, 0.5) is 0 Å². The van der Waals surface area contributed by atoms with Gasteiger partial charge in [0.15, 0.2) is 0 Å². The van der Waals surface area contributed by atoms with E-state index in [-0.39, 0.29) is 0 Å². The molecule has 0 heterocycles. The average molecular weight is 187 g/mol. The standard InChI is InChI=1S/C8H17N3O2/c1-2-5-12-7-8-13-6-3-4-10-11-9/h2-8H2,1H3. The van der Waals surface area contributed by atoms with E-state index in [1.807, 2.05) is 0 Å². The zero-order valence-corrected chi connectivity index (χ0v) is 8.11. The monoisotopic (exact) mass is 187 g/mol. The van der Waals surface area contributed by atoms with Gasteiger partial charge in [0.1, 0.15) is 0 Å². The number of hydrogen-bond acceptors (Lipinski definition) is 3. The molecule has 0 bridgehead atoms. The summed E-state index contributed by atoms with van der Waals surface area (Å²) in [6.45, 7) is 5.27. The van der Waals surface area contributed by atoms with E-state index in [1.54, 1.807) is 0 Å². The molecule has 0 aliphatic rings. The van der Waals surface area contributed by atoms with E-state index in [9.17, 15) is 0 Å². The summed E-state index contributed by atoms with van der Waals surface area (Å²) in [7, 11) is 0. The fourth-order valence-electron chi connectivity index (χ4n) is 0.748. The molecule has 0 aliphatic carbocycles. The van der Waals surface area contributed by atoms with Crippen LogP contribution in [-0.4, -0.2) is 33.0 Å². The molecule has 0 radical (unpaired) electrons. The molecule has 0 N–H and O–H groups in total. The minimum Gasteiger partial charge on any atom is -0.379 e. The van der Waals surface area contributed by atoms with E-state index < -0.39 is 0 Å². The molecular formula is C8H17N3O2. The van der Waals surface area contributed by atoms with Crippen LogP contribution in [0.1, 0.15) is 19.8 Å². The third kappa shape index (κ3) is 11.2. The number of hydrogen-bond donors (Lipinski definition) is 0. The quantitative estimate of drug-likeness (QED) is 0.240. The molecule has 0 aromatic heterocycles. The molecule has 0 aromatic carbocycles. The van der Waals surface area contributed by atoms with Crippen molar-refractivity contribution in [3.63, 3.8) is 0 Å². The minimum atomic E-state index is 0.506.